The zero-order valence-electron chi connectivity index (χ0n) is 13.4. The summed E-state index contributed by atoms with van der Waals surface area (Å²) in [6.07, 6.45) is 7.67. The summed E-state index contributed by atoms with van der Waals surface area (Å²) in [5.41, 5.74) is 1.34. The van der Waals surface area contributed by atoms with Crippen LogP contribution in [0.1, 0.15) is 44.6 Å². The van der Waals surface area contributed by atoms with Crippen molar-refractivity contribution in [2.75, 3.05) is 20.3 Å². The molecule has 118 valence electrons. The van der Waals surface area contributed by atoms with Gasteiger partial charge in [0.25, 0.3) is 0 Å². The van der Waals surface area contributed by atoms with Crippen molar-refractivity contribution in [3.05, 3.63) is 29.8 Å². The molecule has 1 aliphatic heterocycles. The first-order valence-electron chi connectivity index (χ1n) is 8.29. The molecule has 0 spiro atoms. The van der Waals surface area contributed by atoms with Gasteiger partial charge in [0.1, 0.15) is 5.75 Å². The van der Waals surface area contributed by atoms with E-state index in [1.54, 1.807) is 7.11 Å². The van der Waals surface area contributed by atoms with Crippen LogP contribution in [0, 0.1) is 0 Å². The largest absolute Gasteiger partial charge is 0.497 e. The first-order valence-corrected chi connectivity index (χ1v) is 8.29. The van der Waals surface area contributed by atoms with Gasteiger partial charge in [0.15, 0.2) is 0 Å². The molecule has 1 fully saturated rings. The second-order valence-corrected chi connectivity index (χ2v) is 5.88. The molecule has 1 aliphatic rings. The Hall–Kier alpha value is -1.06. The number of nitrogens with one attached hydrogen (secondary N) is 1. The molecular formula is C18H29NO2. The van der Waals surface area contributed by atoms with Gasteiger partial charge in [-0.3, -0.25) is 0 Å². The lowest BCUT2D eigenvalue weighted by Gasteiger charge is -2.25. The summed E-state index contributed by atoms with van der Waals surface area (Å²) < 4.78 is 11.2. The summed E-state index contributed by atoms with van der Waals surface area (Å²) in [5, 5.41) is 3.61. The van der Waals surface area contributed by atoms with E-state index in [0.717, 1.165) is 25.3 Å². The first kappa shape index (κ1) is 16.3. The van der Waals surface area contributed by atoms with E-state index in [1.165, 1.54) is 37.7 Å². The second-order valence-electron chi connectivity index (χ2n) is 5.88. The van der Waals surface area contributed by atoms with E-state index in [9.17, 15) is 0 Å². The molecule has 3 nitrogen and oxygen atoms in total. The third-order valence-corrected chi connectivity index (χ3v) is 4.22. The van der Waals surface area contributed by atoms with Crippen molar-refractivity contribution in [1.82, 2.24) is 5.32 Å². The molecule has 21 heavy (non-hydrogen) atoms. The summed E-state index contributed by atoms with van der Waals surface area (Å²) in [6.45, 7) is 4.14. The van der Waals surface area contributed by atoms with Crippen LogP contribution in [0.2, 0.25) is 0 Å². The van der Waals surface area contributed by atoms with Crippen molar-refractivity contribution < 1.29 is 9.47 Å². The molecule has 1 aromatic carbocycles. The molecule has 1 aromatic rings. The van der Waals surface area contributed by atoms with E-state index in [1.807, 2.05) is 6.07 Å². The molecule has 0 amide bonds. The van der Waals surface area contributed by atoms with Crippen molar-refractivity contribution in [2.45, 2.75) is 57.6 Å². The number of ether oxygens (including phenoxy) is 2. The van der Waals surface area contributed by atoms with Crippen LogP contribution < -0.4 is 10.1 Å². The quantitative estimate of drug-likeness (QED) is 0.794. The molecule has 0 aliphatic carbocycles. The highest BCUT2D eigenvalue weighted by atomic mass is 16.5. The van der Waals surface area contributed by atoms with Crippen LogP contribution in [0.5, 0.6) is 5.75 Å². The Balaban J connectivity index is 1.85. The SMILES string of the molecule is CCNC(CCC1CCCCO1)Cc1cccc(OC)c1. The van der Waals surface area contributed by atoms with E-state index >= 15 is 0 Å². The van der Waals surface area contributed by atoms with Gasteiger partial charge >= 0.3 is 0 Å². The number of benzene rings is 1. The molecule has 0 bridgehead atoms. The zero-order chi connectivity index (χ0) is 14.9. The fourth-order valence-electron chi connectivity index (χ4n) is 3.07. The Labute approximate surface area is 129 Å². The van der Waals surface area contributed by atoms with E-state index in [2.05, 4.69) is 30.4 Å². The van der Waals surface area contributed by atoms with Crippen molar-refractivity contribution >= 4 is 0 Å². The minimum absolute atomic E-state index is 0.477. The molecule has 1 saturated heterocycles. The summed E-state index contributed by atoms with van der Waals surface area (Å²) >= 11 is 0. The second kappa shape index (κ2) is 9.06. The maximum Gasteiger partial charge on any atom is 0.119 e. The maximum atomic E-state index is 5.85. The van der Waals surface area contributed by atoms with E-state index < -0.39 is 0 Å². The van der Waals surface area contributed by atoms with Gasteiger partial charge in [-0.2, -0.15) is 0 Å². The summed E-state index contributed by atoms with van der Waals surface area (Å²) in [6, 6.07) is 8.92. The molecule has 2 unspecified atom stereocenters. The predicted octanol–water partition coefficient (Wildman–Crippen LogP) is 3.57. The van der Waals surface area contributed by atoms with Gasteiger partial charge in [-0.05, 0) is 62.8 Å². The highest BCUT2D eigenvalue weighted by molar-refractivity contribution is 5.28. The smallest absolute Gasteiger partial charge is 0.119 e. The van der Waals surface area contributed by atoms with Crippen LogP contribution in [0.3, 0.4) is 0 Å². The summed E-state index contributed by atoms with van der Waals surface area (Å²) in [5.74, 6) is 0.943. The average molecular weight is 291 g/mol. The van der Waals surface area contributed by atoms with Crippen LogP contribution in [-0.2, 0) is 11.2 Å². The third kappa shape index (κ3) is 5.68. The Bertz CT molecular complexity index is 402. The average Bonchev–Trinajstić information content (AvgIpc) is 2.54. The standard InChI is InChI=1S/C18H29NO2/c1-3-19-16(10-11-17-8-4-5-12-21-17)13-15-7-6-9-18(14-15)20-2/h6-7,9,14,16-17,19H,3-5,8,10-13H2,1-2H3. The van der Waals surface area contributed by atoms with Crippen molar-refractivity contribution in [3.8, 4) is 5.75 Å². The van der Waals surface area contributed by atoms with Gasteiger partial charge in [0.05, 0.1) is 13.2 Å². The monoisotopic (exact) mass is 291 g/mol. The summed E-state index contributed by atoms with van der Waals surface area (Å²) in [7, 11) is 1.72. The number of methoxy groups -OCH3 is 1. The van der Waals surface area contributed by atoms with Crippen molar-refractivity contribution in [3.63, 3.8) is 0 Å². The third-order valence-electron chi connectivity index (χ3n) is 4.22. The van der Waals surface area contributed by atoms with Crippen molar-refractivity contribution in [1.29, 1.82) is 0 Å². The molecule has 2 rings (SSSR count). The zero-order valence-corrected chi connectivity index (χ0v) is 13.4. The molecule has 2 atom stereocenters. The number of hydrogen-bond acceptors (Lipinski definition) is 3. The van der Waals surface area contributed by atoms with E-state index in [0.29, 0.717) is 12.1 Å². The molecule has 0 radical (unpaired) electrons. The molecule has 1 N–H and O–H groups in total. The van der Waals surface area contributed by atoms with Gasteiger partial charge in [-0.25, -0.2) is 0 Å². The fraction of sp³-hybridized carbons (Fsp3) is 0.667. The topological polar surface area (TPSA) is 30.5 Å². The number of rotatable bonds is 8. The predicted molar refractivity (Wildman–Crippen MR) is 87.0 cm³/mol. The molecule has 1 heterocycles. The Kier molecular flexibility index (Phi) is 7.04. The molecule has 0 aromatic heterocycles. The van der Waals surface area contributed by atoms with Crippen LogP contribution in [-0.4, -0.2) is 32.4 Å². The first-order chi connectivity index (χ1) is 10.3. The van der Waals surface area contributed by atoms with Gasteiger partial charge in [0, 0.05) is 12.6 Å². The Morgan fingerprint density at radius 3 is 3.00 bits per heavy atom. The highest BCUT2D eigenvalue weighted by Crippen LogP contribution is 2.20. The Morgan fingerprint density at radius 2 is 2.29 bits per heavy atom. The van der Waals surface area contributed by atoms with Crippen molar-refractivity contribution in [2.24, 2.45) is 0 Å². The maximum absolute atomic E-state index is 5.85. The minimum atomic E-state index is 0.477. The van der Waals surface area contributed by atoms with E-state index in [-0.39, 0.29) is 0 Å². The minimum Gasteiger partial charge on any atom is -0.497 e. The van der Waals surface area contributed by atoms with Gasteiger partial charge < -0.3 is 14.8 Å². The van der Waals surface area contributed by atoms with Gasteiger partial charge in [0.2, 0.25) is 0 Å². The van der Waals surface area contributed by atoms with Crippen LogP contribution in [0.15, 0.2) is 24.3 Å². The highest BCUT2D eigenvalue weighted by Gasteiger charge is 2.16. The molecular weight excluding hydrogens is 262 g/mol. The fourth-order valence-corrected chi connectivity index (χ4v) is 3.07. The molecule has 3 heteroatoms. The van der Waals surface area contributed by atoms with Crippen LogP contribution in [0.4, 0.5) is 0 Å². The van der Waals surface area contributed by atoms with Crippen LogP contribution in [0.25, 0.3) is 0 Å². The van der Waals surface area contributed by atoms with E-state index in [4.69, 9.17) is 9.47 Å². The lowest BCUT2D eigenvalue weighted by atomic mass is 9.97. The summed E-state index contributed by atoms with van der Waals surface area (Å²) in [4.78, 5) is 0. The lowest BCUT2D eigenvalue weighted by Crippen LogP contribution is -2.32. The normalized spacial score (nSPS) is 20.2. The lowest BCUT2D eigenvalue weighted by molar-refractivity contribution is 0.00860. The van der Waals surface area contributed by atoms with Crippen LogP contribution >= 0.6 is 0 Å². The Morgan fingerprint density at radius 1 is 1.38 bits per heavy atom. The van der Waals surface area contributed by atoms with Gasteiger partial charge in [-0.1, -0.05) is 19.1 Å². The number of likely N-dealkylation sites (N-methyl/N-ethyl adjacent to an activating group) is 1. The number of hydrogen-bond donors (Lipinski definition) is 1. The van der Waals surface area contributed by atoms with Gasteiger partial charge in [-0.15, -0.1) is 0 Å². The molecule has 0 saturated carbocycles.